The van der Waals surface area contributed by atoms with Crippen LogP contribution in [0.4, 0.5) is 0 Å². The van der Waals surface area contributed by atoms with Gasteiger partial charge in [-0.05, 0) is 11.8 Å². The summed E-state index contributed by atoms with van der Waals surface area (Å²) in [7, 11) is 2.77. The Morgan fingerprint density at radius 2 is 1.33 bits per heavy atom. The van der Waals surface area contributed by atoms with Crippen molar-refractivity contribution >= 4 is 11.9 Å². The minimum absolute atomic E-state index is 0.0354. The van der Waals surface area contributed by atoms with Crippen LogP contribution in [-0.4, -0.2) is 26.2 Å². The summed E-state index contributed by atoms with van der Waals surface area (Å²) in [5, 5.41) is 0. The van der Waals surface area contributed by atoms with E-state index in [-0.39, 0.29) is 35.6 Å². The Balaban J connectivity index is 2.32. The van der Waals surface area contributed by atoms with Gasteiger partial charge in [0.05, 0.1) is 14.2 Å². The largest absolute Gasteiger partial charge is 0.466 e. The summed E-state index contributed by atoms with van der Waals surface area (Å²) in [4.78, 5) is 23.5. The van der Waals surface area contributed by atoms with Crippen LogP contribution in [0.25, 0.3) is 0 Å². The summed E-state index contributed by atoms with van der Waals surface area (Å²) >= 11 is 0. The van der Waals surface area contributed by atoms with E-state index in [1.807, 2.05) is 26.0 Å². The Morgan fingerprint density at radius 3 is 1.67 bits per heavy atom. The maximum absolute atomic E-state index is 11.8. The maximum atomic E-state index is 11.8. The summed E-state index contributed by atoms with van der Waals surface area (Å²) in [5.41, 5.74) is 1.38. The van der Waals surface area contributed by atoms with Crippen LogP contribution in [0.2, 0.25) is 0 Å². The Labute approximate surface area is 107 Å². The van der Waals surface area contributed by atoms with Gasteiger partial charge < -0.3 is 9.47 Å². The van der Waals surface area contributed by atoms with Crippen LogP contribution < -0.4 is 0 Å². The molecular formula is C14H18O4. The molecule has 0 bridgehead atoms. The fourth-order valence-electron chi connectivity index (χ4n) is 2.90. The monoisotopic (exact) mass is 250 g/mol. The lowest BCUT2D eigenvalue weighted by Crippen LogP contribution is -2.10. The van der Waals surface area contributed by atoms with Gasteiger partial charge in [0.25, 0.3) is 0 Å². The number of hydrogen-bond acceptors (Lipinski definition) is 4. The molecule has 0 spiro atoms. The average molecular weight is 250 g/mol. The highest BCUT2D eigenvalue weighted by Crippen LogP contribution is 2.56. The summed E-state index contributed by atoms with van der Waals surface area (Å²) in [6.45, 7) is 3.99. The van der Waals surface area contributed by atoms with E-state index in [1.165, 1.54) is 14.2 Å². The smallest absolute Gasteiger partial charge is 0.333 e. The van der Waals surface area contributed by atoms with E-state index in [4.69, 9.17) is 9.47 Å². The number of allylic oxidation sites excluding steroid dienone is 2. The second-order valence-electron chi connectivity index (χ2n) is 5.00. The molecule has 0 aromatic heterocycles. The van der Waals surface area contributed by atoms with Gasteiger partial charge in [0, 0.05) is 23.0 Å². The minimum Gasteiger partial charge on any atom is -0.466 e. The van der Waals surface area contributed by atoms with Gasteiger partial charge in [0.15, 0.2) is 0 Å². The van der Waals surface area contributed by atoms with Crippen LogP contribution in [0, 0.1) is 23.7 Å². The molecule has 0 heterocycles. The number of esters is 2. The molecule has 4 heteroatoms. The Kier molecular flexibility index (Phi) is 3.28. The zero-order valence-electron chi connectivity index (χ0n) is 11.1. The molecule has 0 amide bonds. The predicted octanol–water partition coefficient (Wildman–Crippen LogP) is 1.72. The molecule has 18 heavy (non-hydrogen) atoms. The fraction of sp³-hybridized carbons (Fsp3) is 0.571. The standard InChI is InChI=1S/C14H18O4/c1-7-5-9(13(15)17-3)11-8(2)12(11)10(6-7)14(16)18-4/h5-8,11-12H,1-4H3. The van der Waals surface area contributed by atoms with E-state index in [1.54, 1.807) is 0 Å². The zero-order valence-corrected chi connectivity index (χ0v) is 11.1. The molecule has 2 rings (SSSR count). The number of carbonyl (C=O) groups excluding carboxylic acids is 2. The third-order valence-electron chi connectivity index (χ3n) is 3.82. The quantitative estimate of drug-likeness (QED) is 0.700. The van der Waals surface area contributed by atoms with Crippen molar-refractivity contribution in [1.29, 1.82) is 0 Å². The molecule has 0 saturated heterocycles. The van der Waals surface area contributed by atoms with E-state index < -0.39 is 0 Å². The van der Waals surface area contributed by atoms with Crippen molar-refractivity contribution in [3.63, 3.8) is 0 Å². The van der Waals surface area contributed by atoms with Crippen molar-refractivity contribution in [1.82, 2.24) is 0 Å². The third kappa shape index (κ3) is 1.96. The van der Waals surface area contributed by atoms with Crippen molar-refractivity contribution in [3.8, 4) is 0 Å². The number of carbonyl (C=O) groups is 2. The Morgan fingerprint density at radius 1 is 0.944 bits per heavy atom. The van der Waals surface area contributed by atoms with Gasteiger partial charge >= 0.3 is 11.9 Å². The Bertz CT molecular complexity index is 407. The molecule has 1 saturated carbocycles. The van der Waals surface area contributed by atoms with Crippen molar-refractivity contribution < 1.29 is 19.1 Å². The summed E-state index contributed by atoms with van der Waals surface area (Å²) in [6.07, 6.45) is 3.78. The number of rotatable bonds is 2. The van der Waals surface area contributed by atoms with E-state index in [0.29, 0.717) is 11.1 Å². The zero-order chi connectivity index (χ0) is 13.4. The molecule has 98 valence electrons. The first-order chi connectivity index (χ1) is 8.51. The van der Waals surface area contributed by atoms with Crippen molar-refractivity contribution in [2.24, 2.45) is 23.7 Å². The summed E-state index contributed by atoms with van der Waals surface area (Å²) in [5.74, 6) is -0.0802. The highest BCUT2D eigenvalue weighted by atomic mass is 16.5. The van der Waals surface area contributed by atoms with Crippen LogP contribution in [0.5, 0.6) is 0 Å². The topological polar surface area (TPSA) is 52.6 Å². The van der Waals surface area contributed by atoms with Crippen LogP contribution in [0.15, 0.2) is 23.3 Å². The lowest BCUT2D eigenvalue weighted by Gasteiger charge is -2.06. The molecule has 0 aliphatic heterocycles. The second-order valence-corrected chi connectivity index (χ2v) is 5.00. The van der Waals surface area contributed by atoms with Crippen molar-refractivity contribution in [2.75, 3.05) is 14.2 Å². The first-order valence-corrected chi connectivity index (χ1v) is 6.11. The summed E-state index contributed by atoms with van der Waals surface area (Å²) in [6, 6.07) is 0. The maximum Gasteiger partial charge on any atom is 0.333 e. The van der Waals surface area contributed by atoms with E-state index >= 15 is 0 Å². The predicted molar refractivity (Wildman–Crippen MR) is 65.5 cm³/mol. The molecule has 2 aliphatic carbocycles. The molecule has 1 fully saturated rings. The van der Waals surface area contributed by atoms with Crippen molar-refractivity contribution in [2.45, 2.75) is 13.8 Å². The molecule has 0 N–H and O–H groups in total. The van der Waals surface area contributed by atoms with Gasteiger partial charge in [-0.25, -0.2) is 9.59 Å². The van der Waals surface area contributed by atoms with E-state index in [9.17, 15) is 9.59 Å². The first kappa shape index (κ1) is 12.9. The summed E-state index contributed by atoms with van der Waals surface area (Å²) < 4.78 is 9.63. The normalized spacial score (nSPS) is 33.6. The van der Waals surface area contributed by atoms with E-state index in [0.717, 1.165) is 0 Å². The van der Waals surface area contributed by atoms with Crippen LogP contribution >= 0.6 is 0 Å². The number of methoxy groups -OCH3 is 2. The molecule has 0 aromatic carbocycles. The number of fused-ring (bicyclic) bond motifs is 1. The molecule has 2 unspecified atom stereocenters. The van der Waals surface area contributed by atoms with Crippen LogP contribution in [0.1, 0.15) is 13.8 Å². The molecule has 2 atom stereocenters. The van der Waals surface area contributed by atoms with Crippen molar-refractivity contribution in [3.05, 3.63) is 23.3 Å². The third-order valence-corrected chi connectivity index (χ3v) is 3.82. The van der Waals surface area contributed by atoms with Crippen LogP contribution in [0.3, 0.4) is 0 Å². The van der Waals surface area contributed by atoms with Crippen LogP contribution in [-0.2, 0) is 19.1 Å². The average Bonchev–Trinajstić information content (AvgIpc) is 3.04. The lowest BCUT2D eigenvalue weighted by atomic mass is 10.0. The van der Waals surface area contributed by atoms with Gasteiger partial charge in [-0.3, -0.25) is 0 Å². The molecular weight excluding hydrogens is 232 g/mol. The van der Waals surface area contributed by atoms with Gasteiger partial charge in [-0.15, -0.1) is 0 Å². The molecule has 0 aromatic rings. The van der Waals surface area contributed by atoms with E-state index in [2.05, 4.69) is 0 Å². The molecule has 0 radical (unpaired) electrons. The molecule has 4 nitrogen and oxygen atoms in total. The van der Waals surface area contributed by atoms with Gasteiger partial charge in [0.2, 0.25) is 0 Å². The minimum atomic E-state index is -0.291. The first-order valence-electron chi connectivity index (χ1n) is 6.11. The van der Waals surface area contributed by atoms with Gasteiger partial charge in [0.1, 0.15) is 0 Å². The van der Waals surface area contributed by atoms with Gasteiger partial charge in [-0.1, -0.05) is 26.0 Å². The second kappa shape index (κ2) is 4.59. The molecule has 2 aliphatic rings. The highest BCUT2D eigenvalue weighted by molar-refractivity contribution is 5.94. The SMILES string of the molecule is COC(=O)C1=CC(C)C=C(C(=O)OC)C2C(C)C12. The highest BCUT2D eigenvalue weighted by Gasteiger charge is 2.55. The Hall–Kier alpha value is -1.58. The van der Waals surface area contributed by atoms with Gasteiger partial charge in [-0.2, -0.15) is 0 Å². The number of hydrogen-bond donors (Lipinski definition) is 0. The lowest BCUT2D eigenvalue weighted by molar-refractivity contribution is -0.137. The fourth-order valence-corrected chi connectivity index (χ4v) is 2.90. The number of ether oxygens (including phenoxy) is 2.